The van der Waals surface area contributed by atoms with Crippen molar-refractivity contribution in [1.82, 2.24) is 14.5 Å². The molecule has 0 fully saturated rings. The number of hydrogen-bond acceptors (Lipinski definition) is 5. The maximum Gasteiger partial charge on any atom is 0.316 e. The van der Waals surface area contributed by atoms with Crippen molar-refractivity contribution >= 4 is 17.0 Å². The molecule has 0 spiro atoms. The normalized spacial score (nSPS) is 18.5. The summed E-state index contributed by atoms with van der Waals surface area (Å²) in [7, 11) is 0. The van der Waals surface area contributed by atoms with Crippen molar-refractivity contribution in [3.63, 3.8) is 0 Å². The number of carbonyl (C=O) groups is 1. The maximum atomic E-state index is 13.4. The molecular formula is C25H23N3O5S. The van der Waals surface area contributed by atoms with E-state index in [2.05, 4.69) is 23.2 Å². The van der Waals surface area contributed by atoms with E-state index < -0.39 is 39.5 Å². The second-order valence-corrected chi connectivity index (χ2v) is 9.72. The number of aromatic nitrogens is 2. The smallest absolute Gasteiger partial charge is 0.316 e. The zero-order valence-electron chi connectivity index (χ0n) is 18.7. The summed E-state index contributed by atoms with van der Waals surface area (Å²) in [4.78, 5) is 31.0. The average molecular weight is 478 g/mol. The maximum absolute atomic E-state index is 13.4. The molecule has 0 radical (unpaired) electrons. The summed E-state index contributed by atoms with van der Waals surface area (Å²) in [6.45, 7) is 3.89. The van der Waals surface area contributed by atoms with Crippen molar-refractivity contribution in [1.29, 1.82) is 0 Å². The van der Waals surface area contributed by atoms with Gasteiger partial charge in [0.25, 0.3) is 5.91 Å². The lowest BCUT2D eigenvalue weighted by atomic mass is 9.81. The van der Waals surface area contributed by atoms with E-state index in [9.17, 15) is 23.5 Å². The van der Waals surface area contributed by atoms with Gasteiger partial charge in [-0.1, -0.05) is 36.4 Å². The molecule has 2 heterocycles. The highest BCUT2D eigenvalue weighted by molar-refractivity contribution is 7.79. The predicted molar refractivity (Wildman–Crippen MR) is 124 cm³/mol. The number of rotatable bonds is 3. The number of fused-ring (bicyclic) bond motifs is 3. The molecule has 2 unspecified atom stereocenters. The number of aromatic hydroxyl groups is 1. The highest BCUT2D eigenvalue weighted by Crippen LogP contribution is 2.44. The van der Waals surface area contributed by atoms with Crippen LogP contribution in [0.4, 0.5) is 0 Å². The van der Waals surface area contributed by atoms with Crippen molar-refractivity contribution in [3.05, 3.63) is 86.8 Å². The summed E-state index contributed by atoms with van der Waals surface area (Å²) < 4.78 is 23.7. The van der Waals surface area contributed by atoms with Gasteiger partial charge >= 0.3 is 5.56 Å². The van der Waals surface area contributed by atoms with Crippen molar-refractivity contribution in [3.8, 4) is 5.75 Å². The molecule has 0 bridgehead atoms. The van der Waals surface area contributed by atoms with Gasteiger partial charge in [0.15, 0.2) is 5.69 Å². The van der Waals surface area contributed by atoms with Gasteiger partial charge in [-0.25, -0.2) is 4.21 Å². The lowest BCUT2D eigenvalue weighted by Crippen LogP contribution is -2.50. The molecule has 1 aliphatic heterocycles. The molecule has 5 rings (SSSR count). The zero-order chi connectivity index (χ0) is 24.1. The Morgan fingerprint density at radius 2 is 1.88 bits per heavy atom. The van der Waals surface area contributed by atoms with Crippen molar-refractivity contribution in [2.45, 2.75) is 49.8 Å². The first-order chi connectivity index (χ1) is 16.3. The summed E-state index contributed by atoms with van der Waals surface area (Å²) >= 11 is -2.67. The van der Waals surface area contributed by atoms with Crippen LogP contribution in [0.2, 0.25) is 0 Å². The second-order valence-electron chi connectivity index (χ2n) is 8.85. The number of carbonyl (C=O) groups excluding carboxylic acids is 1. The van der Waals surface area contributed by atoms with E-state index in [0.29, 0.717) is 0 Å². The first-order valence-electron chi connectivity index (χ1n) is 11.1. The fourth-order valence-corrected chi connectivity index (χ4v) is 5.71. The van der Waals surface area contributed by atoms with E-state index in [-0.39, 0.29) is 24.2 Å². The Balaban J connectivity index is 1.87. The van der Waals surface area contributed by atoms with Gasteiger partial charge in [0, 0.05) is 24.1 Å². The van der Waals surface area contributed by atoms with Crippen LogP contribution in [0.3, 0.4) is 0 Å². The molecule has 9 heteroatoms. The zero-order valence-corrected chi connectivity index (χ0v) is 19.5. The standard InChI is InChI=1S/C25H23N3O5S/c1-14(2)27-13-19(28-21(24(27)31)22(29)23(30)26-25(28)34(32)33)20-17-9-5-3-7-15(17)11-12-16-8-4-6-10-18(16)20/h3-5,7-9,14,19-20,29H,11-13H2,1-2H3,(H,32,33)/t19-,20?/m1/s1. The third-order valence-electron chi connectivity index (χ3n) is 6.70. The molecule has 3 aromatic rings. The van der Waals surface area contributed by atoms with Gasteiger partial charge in [0.05, 0.1) is 6.04 Å². The van der Waals surface area contributed by atoms with Crippen LogP contribution in [0.15, 0.2) is 46.3 Å². The molecule has 1 amide bonds. The van der Waals surface area contributed by atoms with Crippen LogP contribution >= 0.6 is 0 Å². The number of aryl methyl sites for hydroxylation is 2. The lowest BCUT2D eigenvalue weighted by Gasteiger charge is -2.42. The second kappa shape index (κ2) is 8.38. The van der Waals surface area contributed by atoms with Gasteiger partial charge in [-0.15, -0.1) is 0 Å². The van der Waals surface area contributed by atoms with Crippen LogP contribution in [0.25, 0.3) is 0 Å². The summed E-state index contributed by atoms with van der Waals surface area (Å²) in [5.74, 6) is -1.79. The Labute approximate surface area is 199 Å². The molecule has 0 saturated carbocycles. The minimum atomic E-state index is -2.67. The van der Waals surface area contributed by atoms with Gasteiger partial charge in [-0.05, 0) is 55.5 Å². The minimum Gasteiger partial charge on any atom is -0.501 e. The molecule has 34 heavy (non-hydrogen) atoms. The molecule has 1 aromatic heterocycles. The minimum absolute atomic E-state index is 0.193. The van der Waals surface area contributed by atoms with Crippen LogP contribution in [0.5, 0.6) is 5.75 Å². The lowest BCUT2D eigenvalue weighted by molar-refractivity contribution is 0.0572. The number of hydrogen-bond donors (Lipinski definition) is 2. The molecule has 174 valence electrons. The Hall–Kier alpha value is -3.48. The molecular weight excluding hydrogens is 454 g/mol. The monoisotopic (exact) mass is 477 g/mol. The molecule has 8 nitrogen and oxygen atoms in total. The van der Waals surface area contributed by atoms with Crippen molar-refractivity contribution in [2.24, 2.45) is 0 Å². The molecule has 2 aromatic carbocycles. The Kier molecular flexibility index (Phi) is 5.50. The highest BCUT2D eigenvalue weighted by Gasteiger charge is 2.43. The molecule has 2 aliphatic rings. The van der Waals surface area contributed by atoms with E-state index in [1.807, 2.05) is 44.2 Å². The van der Waals surface area contributed by atoms with Crippen LogP contribution in [0, 0.1) is 12.1 Å². The van der Waals surface area contributed by atoms with E-state index in [4.69, 9.17) is 0 Å². The van der Waals surface area contributed by atoms with Gasteiger partial charge < -0.3 is 14.6 Å². The SMILES string of the molecule is CC(C)N1C[C@H](C2c3c#cccc3CCc3ccccc32)n2c(S(=O)O)nc(=O)c(O)c2C1=O. The molecule has 2 N–H and O–H groups in total. The van der Waals surface area contributed by atoms with Crippen molar-refractivity contribution in [2.75, 3.05) is 6.54 Å². The highest BCUT2D eigenvalue weighted by atomic mass is 32.2. The molecule has 3 atom stereocenters. The van der Waals surface area contributed by atoms with Crippen LogP contribution in [0.1, 0.15) is 58.5 Å². The van der Waals surface area contributed by atoms with Crippen LogP contribution < -0.4 is 5.56 Å². The first kappa shape index (κ1) is 22.3. The third-order valence-corrected chi connectivity index (χ3v) is 7.30. The van der Waals surface area contributed by atoms with Gasteiger partial charge in [-0.2, -0.15) is 4.98 Å². The number of nitrogens with zero attached hydrogens (tertiary/aromatic N) is 3. The quantitative estimate of drug-likeness (QED) is 0.443. The van der Waals surface area contributed by atoms with Gasteiger partial charge in [-0.3, -0.25) is 14.1 Å². The Bertz CT molecular complexity index is 1340. The third kappa shape index (κ3) is 3.42. The van der Waals surface area contributed by atoms with E-state index in [1.165, 1.54) is 4.57 Å². The van der Waals surface area contributed by atoms with E-state index in [1.54, 1.807) is 4.90 Å². The summed E-state index contributed by atoms with van der Waals surface area (Å²) in [6.07, 6.45) is 1.59. The van der Waals surface area contributed by atoms with Crippen LogP contribution in [-0.4, -0.2) is 46.8 Å². The molecule has 0 saturated heterocycles. The van der Waals surface area contributed by atoms with Gasteiger partial charge in [0.1, 0.15) is 0 Å². The van der Waals surface area contributed by atoms with Gasteiger partial charge in [0.2, 0.25) is 22.0 Å². The predicted octanol–water partition coefficient (Wildman–Crippen LogP) is 2.47. The average Bonchev–Trinajstić information content (AvgIpc) is 2.98. The molecule has 1 aliphatic carbocycles. The van der Waals surface area contributed by atoms with Crippen LogP contribution in [-0.2, 0) is 23.9 Å². The van der Waals surface area contributed by atoms with E-state index >= 15 is 0 Å². The number of benzene rings is 1. The fourth-order valence-electron chi connectivity index (χ4n) is 5.16. The topological polar surface area (TPSA) is 113 Å². The van der Waals surface area contributed by atoms with E-state index in [0.717, 1.165) is 35.1 Å². The fraction of sp³-hybridized carbons (Fsp3) is 0.320. The number of amides is 1. The largest absolute Gasteiger partial charge is 0.501 e. The first-order valence-corrected chi connectivity index (χ1v) is 12.2. The Morgan fingerprint density at radius 1 is 1.15 bits per heavy atom. The summed E-state index contributed by atoms with van der Waals surface area (Å²) in [5.41, 5.74) is 2.64. The summed E-state index contributed by atoms with van der Waals surface area (Å²) in [6, 6.07) is 17.2. The van der Waals surface area contributed by atoms with Crippen molar-refractivity contribution < 1.29 is 18.7 Å². The Morgan fingerprint density at radius 3 is 2.62 bits per heavy atom. The summed E-state index contributed by atoms with van der Waals surface area (Å²) in [5, 5.41) is 10.2.